The van der Waals surface area contributed by atoms with E-state index >= 15 is 0 Å². The number of carbonyl (C=O) groups excluding carboxylic acids is 1. The first-order valence-corrected chi connectivity index (χ1v) is 8.54. The third-order valence-electron chi connectivity index (χ3n) is 4.61. The second kappa shape index (κ2) is 6.67. The topological polar surface area (TPSA) is 44.9 Å². The van der Waals surface area contributed by atoms with Gasteiger partial charge in [0.25, 0.3) is 5.91 Å². The van der Waals surface area contributed by atoms with Crippen molar-refractivity contribution in [2.45, 2.75) is 39.7 Å². The number of pyridine rings is 1. The van der Waals surface area contributed by atoms with Crippen molar-refractivity contribution < 1.29 is 4.79 Å². The van der Waals surface area contributed by atoms with Gasteiger partial charge >= 0.3 is 0 Å². The second-order valence-electron chi connectivity index (χ2n) is 6.43. The van der Waals surface area contributed by atoms with Gasteiger partial charge in [-0.05, 0) is 48.8 Å². The summed E-state index contributed by atoms with van der Waals surface area (Å²) in [6.45, 7) is 4.81. The van der Waals surface area contributed by atoms with Crippen LogP contribution in [0.4, 0.5) is 0 Å². The number of hydrogen-bond acceptors (Lipinski definition) is 2. The predicted octanol–water partition coefficient (Wildman–Crippen LogP) is 4.11. The molecule has 0 spiro atoms. The number of aryl methyl sites for hydroxylation is 1. The minimum Gasteiger partial charge on any atom is -0.349 e. The van der Waals surface area contributed by atoms with Crippen LogP contribution in [0.15, 0.2) is 30.3 Å². The van der Waals surface area contributed by atoms with Gasteiger partial charge in [0.05, 0.1) is 5.56 Å². The van der Waals surface area contributed by atoms with Crippen molar-refractivity contribution in [3.05, 3.63) is 62.9 Å². The van der Waals surface area contributed by atoms with Crippen molar-refractivity contribution in [3.63, 3.8) is 0 Å². The first-order chi connectivity index (χ1) is 11.1. The summed E-state index contributed by atoms with van der Waals surface area (Å²) in [6.07, 6.45) is 3.12. The third-order valence-corrected chi connectivity index (χ3v) is 4.92. The van der Waals surface area contributed by atoms with E-state index < -0.39 is 0 Å². The zero-order chi connectivity index (χ0) is 16.4. The summed E-state index contributed by atoms with van der Waals surface area (Å²) in [4.78, 5) is 15.9. The lowest BCUT2D eigenvalue weighted by Crippen LogP contribution is -2.27. The molecular formula is C19H22N2OS. The molecule has 1 aliphatic rings. The molecule has 120 valence electrons. The van der Waals surface area contributed by atoms with Crippen LogP contribution < -0.4 is 5.32 Å². The normalized spacial score (nSPS) is 16.7. The van der Waals surface area contributed by atoms with E-state index in [4.69, 9.17) is 12.2 Å². The molecule has 1 aromatic carbocycles. The van der Waals surface area contributed by atoms with Crippen LogP contribution >= 0.6 is 12.2 Å². The highest BCUT2D eigenvalue weighted by molar-refractivity contribution is 7.71. The lowest BCUT2D eigenvalue weighted by atomic mass is 9.82. The maximum Gasteiger partial charge on any atom is 0.254 e. The van der Waals surface area contributed by atoms with E-state index in [0.29, 0.717) is 22.7 Å². The molecule has 2 N–H and O–H groups in total. The van der Waals surface area contributed by atoms with E-state index in [0.717, 1.165) is 29.7 Å². The fourth-order valence-corrected chi connectivity index (χ4v) is 3.70. The molecule has 0 saturated heterocycles. The van der Waals surface area contributed by atoms with Gasteiger partial charge in [-0.3, -0.25) is 4.79 Å². The van der Waals surface area contributed by atoms with Gasteiger partial charge in [-0.25, -0.2) is 0 Å². The van der Waals surface area contributed by atoms with E-state index in [2.05, 4.69) is 24.1 Å². The van der Waals surface area contributed by atoms with Crippen LogP contribution in [-0.4, -0.2) is 10.9 Å². The molecule has 2 aromatic rings. The quantitative estimate of drug-likeness (QED) is 0.834. The number of aromatic amines is 1. The number of carbonyl (C=O) groups is 1. The number of nitrogens with one attached hydrogen (secondary N) is 2. The molecule has 0 radical (unpaired) electrons. The van der Waals surface area contributed by atoms with Gasteiger partial charge in [-0.1, -0.05) is 49.5 Å². The molecule has 0 bridgehead atoms. The number of benzene rings is 1. The van der Waals surface area contributed by atoms with E-state index in [1.54, 1.807) is 0 Å². The summed E-state index contributed by atoms with van der Waals surface area (Å²) < 4.78 is 0.556. The third kappa shape index (κ3) is 3.37. The van der Waals surface area contributed by atoms with Crippen LogP contribution in [0.2, 0.25) is 0 Å². The summed E-state index contributed by atoms with van der Waals surface area (Å²) >= 11 is 5.45. The fraction of sp³-hybridized carbons (Fsp3) is 0.368. The number of H-pyrrole nitrogens is 1. The highest BCUT2D eigenvalue weighted by atomic mass is 32.1. The molecule has 1 unspecified atom stereocenters. The first kappa shape index (κ1) is 15.9. The molecule has 0 fully saturated rings. The Morgan fingerprint density at radius 3 is 2.78 bits per heavy atom. The maximum absolute atomic E-state index is 12.7. The van der Waals surface area contributed by atoms with E-state index in [1.165, 1.54) is 12.0 Å². The average molecular weight is 326 g/mol. The Morgan fingerprint density at radius 2 is 2.04 bits per heavy atom. The Hall–Kier alpha value is -1.94. The van der Waals surface area contributed by atoms with Crippen LogP contribution in [0.1, 0.15) is 46.1 Å². The summed E-state index contributed by atoms with van der Waals surface area (Å²) in [5.74, 6) is 0.528. The molecule has 3 nitrogen and oxygen atoms in total. The van der Waals surface area contributed by atoms with Gasteiger partial charge in [0.15, 0.2) is 0 Å². The number of amides is 1. The van der Waals surface area contributed by atoms with Gasteiger partial charge in [-0.15, -0.1) is 0 Å². The van der Waals surface area contributed by atoms with Gasteiger partial charge in [0.2, 0.25) is 0 Å². The van der Waals surface area contributed by atoms with Gasteiger partial charge in [0.1, 0.15) is 4.64 Å². The summed E-state index contributed by atoms with van der Waals surface area (Å²) in [5.41, 5.74) is 5.29. The maximum atomic E-state index is 12.7. The molecule has 3 rings (SSSR count). The van der Waals surface area contributed by atoms with E-state index in [1.807, 2.05) is 30.3 Å². The second-order valence-corrected chi connectivity index (χ2v) is 6.84. The van der Waals surface area contributed by atoms with Crippen molar-refractivity contribution in [2.24, 2.45) is 5.92 Å². The van der Waals surface area contributed by atoms with E-state index in [-0.39, 0.29) is 5.91 Å². The highest BCUT2D eigenvalue weighted by Crippen LogP contribution is 2.30. The molecule has 0 aliphatic heterocycles. The molecule has 1 aromatic heterocycles. The molecule has 4 heteroatoms. The van der Waals surface area contributed by atoms with Crippen LogP contribution in [0.3, 0.4) is 0 Å². The number of rotatable bonds is 3. The molecule has 1 atom stereocenters. The largest absolute Gasteiger partial charge is 0.349 e. The molecule has 0 saturated carbocycles. The molecule has 23 heavy (non-hydrogen) atoms. The number of aromatic nitrogens is 1. The minimum atomic E-state index is -0.0690. The van der Waals surface area contributed by atoms with Crippen LogP contribution in [0.5, 0.6) is 0 Å². The van der Waals surface area contributed by atoms with Gasteiger partial charge < -0.3 is 10.3 Å². The Kier molecular flexibility index (Phi) is 4.62. The van der Waals surface area contributed by atoms with Crippen molar-refractivity contribution in [1.82, 2.24) is 10.3 Å². The van der Waals surface area contributed by atoms with Crippen molar-refractivity contribution in [1.29, 1.82) is 0 Å². The molecule has 1 amide bonds. The zero-order valence-electron chi connectivity index (χ0n) is 13.6. The van der Waals surface area contributed by atoms with Crippen molar-refractivity contribution in [3.8, 4) is 0 Å². The predicted molar refractivity (Wildman–Crippen MR) is 95.2 cm³/mol. The average Bonchev–Trinajstić information content (AvgIpc) is 2.53. The molecule has 1 heterocycles. The van der Waals surface area contributed by atoms with Crippen molar-refractivity contribution in [2.75, 3.05) is 0 Å². The van der Waals surface area contributed by atoms with Crippen LogP contribution in [0.25, 0.3) is 0 Å². The highest BCUT2D eigenvalue weighted by Gasteiger charge is 2.24. The monoisotopic (exact) mass is 326 g/mol. The summed E-state index contributed by atoms with van der Waals surface area (Å²) in [6, 6.07) is 9.94. The number of fused-ring (bicyclic) bond motifs is 1. The summed E-state index contributed by atoms with van der Waals surface area (Å²) in [7, 11) is 0. The summed E-state index contributed by atoms with van der Waals surface area (Å²) in [5, 5.41) is 3.01. The first-order valence-electron chi connectivity index (χ1n) is 8.13. The molecule has 1 aliphatic carbocycles. The zero-order valence-corrected chi connectivity index (χ0v) is 14.4. The van der Waals surface area contributed by atoms with E-state index in [9.17, 15) is 4.79 Å². The Bertz CT molecular complexity index is 780. The fourth-order valence-electron chi connectivity index (χ4n) is 3.33. The lowest BCUT2D eigenvalue weighted by molar-refractivity contribution is 0.0948. The Balaban J connectivity index is 1.90. The minimum absolute atomic E-state index is 0.0690. The Labute approximate surface area is 142 Å². The SMILES string of the molecule is Cc1[nH]c(=S)c(C(=O)NCc2ccccc2)c2c1CCC(C)C2. The number of hydrogen-bond donors (Lipinski definition) is 2. The van der Waals surface area contributed by atoms with Crippen LogP contribution in [-0.2, 0) is 19.4 Å². The lowest BCUT2D eigenvalue weighted by Gasteiger charge is -2.25. The standard InChI is InChI=1S/C19H22N2OS/c1-12-8-9-15-13(2)21-19(23)17(16(15)10-12)18(22)20-11-14-6-4-3-5-7-14/h3-7,12H,8-11H2,1-2H3,(H,20,22)(H,21,23). The Morgan fingerprint density at radius 1 is 1.30 bits per heavy atom. The smallest absolute Gasteiger partial charge is 0.254 e. The molecular weight excluding hydrogens is 304 g/mol. The van der Waals surface area contributed by atoms with Gasteiger partial charge in [-0.2, -0.15) is 0 Å². The van der Waals surface area contributed by atoms with Crippen molar-refractivity contribution >= 4 is 18.1 Å². The van der Waals surface area contributed by atoms with Gasteiger partial charge in [0, 0.05) is 12.2 Å². The van der Waals surface area contributed by atoms with Crippen LogP contribution in [0, 0.1) is 17.5 Å².